The molecule has 0 spiro atoms. The second-order valence-electron chi connectivity index (χ2n) is 7.11. The van der Waals surface area contributed by atoms with Gasteiger partial charge in [0.25, 0.3) is 0 Å². The maximum Gasteiger partial charge on any atom is 0.0331 e. The molecule has 2 N–H and O–H groups in total. The molecule has 3 atom stereocenters. The Kier molecular flexibility index (Phi) is 6.82. The zero-order chi connectivity index (χ0) is 14.5. The first-order valence-electron chi connectivity index (χ1n) is 8.40. The highest BCUT2D eigenvalue weighted by Gasteiger charge is 2.37. The summed E-state index contributed by atoms with van der Waals surface area (Å²) in [5.41, 5.74) is 6.48. The van der Waals surface area contributed by atoms with Crippen molar-refractivity contribution in [1.29, 1.82) is 0 Å². The second kappa shape index (κ2) is 7.64. The van der Waals surface area contributed by atoms with Crippen molar-refractivity contribution >= 4 is 0 Å². The van der Waals surface area contributed by atoms with E-state index in [9.17, 15) is 0 Å². The third-order valence-corrected chi connectivity index (χ3v) is 5.64. The van der Waals surface area contributed by atoms with Crippen LogP contribution in [0.1, 0.15) is 72.6 Å². The molecule has 0 radical (unpaired) electrons. The minimum atomic E-state index is 0.262. The van der Waals surface area contributed by atoms with E-state index in [1.54, 1.807) is 0 Å². The lowest BCUT2D eigenvalue weighted by Gasteiger charge is -2.44. The Morgan fingerprint density at radius 3 is 2.42 bits per heavy atom. The van der Waals surface area contributed by atoms with E-state index in [2.05, 4.69) is 39.6 Å². The van der Waals surface area contributed by atoms with Crippen LogP contribution in [-0.2, 0) is 0 Å². The predicted molar refractivity (Wildman–Crippen MR) is 85.3 cm³/mol. The van der Waals surface area contributed by atoms with Gasteiger partial charge < -0.3 is 5.73 Å². The monoisotopic (exact) mass is 268 g/mol. The largest absolute Gasteiger partial charge is 0.329 e. The molecule has 2 nitrogen and oxygen atoms in total. The van der Waals surface area contributed by atoms with Crippen LogP contribution in [0.25, 0.3) is 0 Å². The van der Waals surface area contributed by atoms with E-state index >= 15 is 0 Å². The van der Waals surface area contributed by atoms with E-state index in [0.29, 0.717) is 6.04 Å². The van der Waals surface area contributed by atoms with Crippen molar-refractivity contribution in [2.24, 2.45) is 17.6 Å². The Bertz CT molecular complexity index is 252. The van der Waals surface area contributed by atoms with Gasteiger partial charge in [0, 0.05) is 18.1 Å². The molecule has 1 rings (SSSR count). The molecule has 3 unspecified atom stereocenters. The molecule has 0 aromatic rings. The molecule has 1 aliphatic rings. The summed E-state index contributed by atoms with van der Waals surface area (Å²) in [6.45, 7) is 10.2. The van der Waals surface area contributed by atoms with Crippen molar-refractivity contribution in [2.75, 3.05) is 13.6 Å². The summed E-state index contributed by atoms with van der Waals surface area (Å²) in [4.78, 5) is 2.61. The van der Waals surface area contributed by atoms with Crippen LogP contribution < -0.4 is 5.73 Å². The molecule has 0 aromatic carbocycles. The van der Waals surface area contributed by atoms with Crippen LogP contribution in [0.4, 0.5) is 0 Å². The maximum atomic E-state index is 6.22. The zero-order valence-corrected chi connectivity index (χ0v) is 13.9. The van der Waals surface area contributed by atoms with Crippen molar-refractivity contribution in [3.63, 3.8) is 0 Å². The van der Waals surface area contributed by atoms with Crippen LogP contribution in [0.15, 0.2) is 0 Å². The average molecular weight is 268 g/mol. The zero-order valence-electron chi connectivity index (χ0n) is 13.9. The molecular formula is C17H36N2. The van der Waals surface area contributed by atoms with Gasteiger partial charge in [0.15, 0.2) is 0 Å². The summed E-state index contributed by atoms with van der Waals surface area (Å²) in [5.74, 6) is 1.73. The molecule has 114 valence electrons. The highest BCUT2D eigenvalue weighted by atomic mass is 15.2. The quantitative estimate of drug-likeness (QED) is 0.737. The third-order valence-electron chi connectivity index (χ3n) is 5.64. The summed E-state index contributed by atoms with van der Waals surface area (Å²) in [5, 5.41) is 0. The summed E-state index contributed by atoms with van der Waals surface area (Å²) >= 11 is 0. The molecule has 19 heavy (non-hydrogen) atoms. The molecule has 0 saturated heterocycles. The van der Waals surface area contributed by atoms with Crippen LogP contribution in [0, 0.1) is 11.8 Å². The average Bonchev–Trinajstić information content (AvgIpc) is 2.61. The lowest BCUT2D eigenvalue weighted by Crippen LogP contribution is -2.55. The molecule has 0 heterocycles. The minimum Gasteiger partial charge on any atom is -0.329 e. The predicted octanol–water partition coefficient (Wildman–Crippen LogP) is 4.04. The Hall–Kier alpha value is -0.0800. The van der Waals surface area contributed by atoms with Crippen molar-refractivity contribution in [2.45, 2.75) is 84.2 Å². The minimum absolute atomic E-state index is 0.262. The van der Waals surface area contributed by atoms with Gasteiger partial charge in [0.2, 0.25) is 0 Å². The van der Waals surface area contributed by atoms with Gasteiger partial charge >= 0.3 is 0 Å². The molecule has 0 aromatic heterocycles. The summed E-state index contributed by atoms with van der Waals surface area (Å²) in [6.07, 6.45) is 9.23. The molecule has 1 saturated carbocycles. The first-order chi connectivity index (χ1) is 8.96. The Labute approximate surface area is 121 Å². The normalized spacial score (nSPS) is 30.6. The fraction of sp³-hybridized carbons (Fsp3) is 1.00. The van der Waals surface area contributed by atoms with Gasteiger partial charge in [-0.15, -0.1) is 0 Å². The van der Waals surface area contributed by atoms with E-state index in [4.69, 9.17) is 5.73 Å². The SMILES string of the molecule is CCCC(C)N(C)C1(CN)CCCC(C(C)C)CC1. The topological polar surface area (TPSA) is 29.3 Å². The number of rotatable bonds is 6. The fourth-order valence-corrected chi connectivity index (χ4v) is 3.86. The molecule has 1 fully saturated rings. The van der Waals surface area contributed by atoms with Crippen molar-refractivity contribution in [1.82, 2.24) is 4.90 Å². The van der Waals surface area contributed by atoms with Crippen LogP contribution in [0.2, 0.25) is 0 Å². The second-order valence-corrected chi connectivity index (χ2v) is 7.11. The molecule has 0 amide bonds. The maximum absolute atomic E-state index is 6.22. The number of hydrogen-bond acceptors (Lipinski definition) is 2. The highest BCUT2D eigenvalue weighted by Crippen LogP contribution is 2.37. The first-order valence-corrected chi connectivity index (χ1v) is 8.40. The van der Waals surface area contributed by atoms with Gasteiger partial charge in [-0.1, -0.05) is 40.0 Å². The van der Waals surface area contributed by atoms with E-state index in [1.165, 1.54) is 44.9 Å². The lowest BCUT2D eigenvalue weighted by atomic mass is 9.85. The van der Waals surface area contributed by atoms with Gasteiger partial charge in [-0.2, -0.15) is 0 Å². The smallest absolute Gasteiger partial charge is 0.0331 e. The van der Waals surface area contributed by atoms with Crippen molar-refractivity contribution < 1.29 is 0 Å². The summed E-state index contributed by atoms with van der Waals surface area (Å²) in [6, 6.07) is 0.657. The van der Waals surface area contributed by atoms with E-state index < -0.39 is 0 Å². The molecule has 2 heteroatoms. The summed E-state index contributed by atoms with van der Waals surface area (Å²) < 4.78 is 0. The summed E-state index contributed by atoms with van der Waals surface area (Å²) in [7, 11) is 2.31. The molecule has 1 aliphatic carbocycles. The van der Waals surface area contributed by atoms with Gasteiger partial charge in [-0.25, -0.2) is 0 Å². The number of nitrogens with zero attached hydrogens (tertiary/aromatic N) is 1. The Balaban J connectivity index is 2.74. The molecule has 0 bridgehead atoms. The van der Waals surface area contributed by atoms with Gasteiger partial charge in [-0.05, 0) is 51.5 Å². The number of hydrogen-bond donors (Lipinski definition) is 1. The van der Waals surface area contributed by atoms with Gasteiger partial charge in [0.1, 0.15) is 0 Å². The van der Waals surface area contributed by atoms with Crippen LogP contribution in [0.3, 0.4) is 0 Å². The van der Waals surface area contributed by atoms with Crippen LogP contribution in [-0.4, -0.2) is 30.1 Å². The highest BCUT2D eigenvalue weighted by molar-refractivity contribution is 4.95. The third kappa shape index (κ3) is 4.19. The van der Waals surface area contributed by atoms with Gasteiger partial charge in [0.05, 0.1) is 0 Å². The van der Waals surface area contributed by atoms with E-state index in [1.807, 2.05) is 0 Å². The van der Waals surface area contributed by atoms with Gasteiger partial charge in [-0.3, -0.25) is 4.90 Å². The van der Waals surface area contributed by atoms with Crippen LogP contribution in [0.5, 0.6) is 0 Å². The first kappa shape index (κ1) is 17.0. The fourth-order valence-electron chi connectivity index (χ4n) is 3.86. The number of nitrogens with two attached hydrogens (primary N) is 1. The Morgan fingerprint density at radius 1 is 1.21 bits per heavy atom. The lowest BCUT2D eigenvalue weighted by molar-refractivity contribution is 0.0639. The molecule has 0 aliphatic heterocycles. The molecular weight excluding hydrogens is 232 g/mol. The van der Waals surface area contributed by atoms with Crippen molar-refractivity contribution in [3.8, 4) is 0 Å². The standard InChI is InChI=1S/C17H36N2/c1-6-8-15(4)19(5)17(13-18)11-7-9-16(10-12-17)14(2)3/h14-16H,6-13,18H2,1-5H3. The van der Waals surface area contributed by atoms with Crippen LogP contribution >= 0.6 is 0 Å². The number of likely N-dealkylation sites (N-methyl/N-ethyl adjacent to an activating group) is 1. The van der Waals surface area contributed by atoms with E-state index in [-0.39, 0.29) is 5.54 Å². The Morgan fingerprint density at radius 2 is 1.89 bits per heavy atom. The van der Waals surface area contributed by atoms with Crippen molar-refractivity contribution in [3.05, 3.63) is 0 Å². The van der Waals surface area contributed by atoms with E-state index in [0.717, 1.165) is 18.4 Å².